The molecule has 0 fully saturated rings. The number of carbonyl (C=O) groups excluding carboxylic acids is 3. The van der Waals surface area contributed by atoms with Crippen LogP contribution < -0.4 is 21.7 Å². The fourth-order valence-electron chi connectivity index (χ4n) is 3.10. The number of nitrogens with one attached hydrogen (secondary N) is 4. The molecule has 0 bridgehead atoms. The molecule has 196 valence electrons. The van der Waals surface area contributed by atoms with Crippen molar-refractivity contribution in [3.63, 3.8) is 0 Å². The van der Waals surface area contributed by atoms with E-state index in [4.69, 9.17) is 10.8 Å². The predicted octanol–water partition coefficient (Wildman–Crippen LogP) is -0.908. The van der Waals surface area contributed by atoms with Crippen molar-refractivity contribution < 1.29 is 34.2 Å². The van der Waals surface area contributed by atoms with Gasteiger partial charge in [-0.25, -0.2) is 9.78 Å². The van der Waals surface area contributed by atoms with Gasteiger partial charge in [0.05, 0.1) is 18.8 Å². The summed E-state index contributed by atoms with van der Waals surface area (Å²) in [5, 5.41) is 25.5. The zero-order chi connectivity index (χ0) is 26.5. The van der Waals surface area contributed by atoms with E-state index in [1.54, 1.807) is 0 Å². The summed E-state index contributed by atoms with van der Waals surface area (Å²) in [7, 11) is 0. The van der Waals surface area contributed by atoms with E-state index in [1.807, 2.05) is 20.1 Å². The van der Waals surface area contributed by atoms with Crippen LogP contribution in [0.4, 0.5) is 0 Å². The average molecular weight is 515 g/mol. The van der Waals surface area contributed by atoms with Gasteiger partial charge in [0.25, 0.3) is 0 Å². The van der Waals surface area contributed by atoms with Crippen LogP contribution in [0.5, 0.6) is 0 Å². The van der Waals surface area contributed by atoms with Gasteiger partial charge in [-0.3, -0.25) is 19.2 Å². The molecule has 1 aromatic rings. The Morgan fingerprint density at radius 3 is 2.14 bits per heavy atom. The highest BCUT2D eigenvalue weighted by Crippen LogP contribution is 2.08. The maximum atomic E-state index is 13.1. The Balaban J connectivity index is 3.05. The van der Waals surface area contributed by atoms with Crippen molar-refractivity contribution in [3.8, 4) is 0 Å². The van der Waals surface area contributed by atoms with E-state index in [1.165, 1.54) is 24.3 Å². The average Bonchev–Trinajstić information content (AvgIpc) is 3.28. The molecule has 0 aromatic carbocycles. The number of thioether (sulfide) groups is 1. The second kappa shape index (κ2) is 15.0. The molecular formula is C21H34N6O7S. The lowest BCUT2D eigenvalue weighted by molar-refractivity contribution is -0.147. The molecule has 0 aliphatic heterocycles. The third kappa shape index (κ3) is 11.2. The number of hydrogen-bond donors (Lipinski definition) is 7. The van der Waals surface area contributed by atoms with Crippen molar-refractivity contribution in [1.82, 2.24) is 25.9 Å². The summed E-state index contributed by atoms with van der Waals surface area (Å²) in [5.74, 6) is -4.31. The predicted molar refractivity (Wildman–Crippen MR) is 128 cm³/mol. The molecule has 0 saturated heterocycles. The van der Waals surface area contributed by atoms with Crippen molar-refractivity contribution in [3.05, 3.63) is 18.2 Å². The van der Waals surface area contributed by atoms with Crippen molar-refractivity contribution >= 4 is 41.4 Å². The molecule has 4 atom stereocenters. The Labute approximate surface area is 207 Å². The molecule has 0 aliphatic carbocycles. The molecule has 14 heteroatoms. The van der Waals surface area contributed by atoms with Crippen LogP contribution in [0.2, 0.25) is 0 Å². The van der Waals surface area contributed by atoms with Crippen molar-refractivity contribution in [2.75, 3.05) is 12.0 Å². The number of aromatic amines is 1. The summed E-state index contributed by atoms with van der Waals surface area (Å²) in [6.45, 7) is 3.72. The highest BCUT2D eigenvalue weighted by atomic mass is 32.2. The van der Waals surface area contributed by atoms with Gasteiger partial charge in [0.15, 0.2) is 0 Å². The lowest BCUT2D eigenvalue weighted by atomic mass is 10.0. The van der Waals surface area contributed by atoms with Gasteiger partial charge < -0.3 is 36.9 Å². The maximum absolute atomic E-state index is 13.1. The van der Waals surface area contributed by atoms with Crippen LogP contribution in [0.15, 0.2) is 12.5 Å². The first kappa shape index (κ1) is 29.9. The molecule has 0 aliphatic rings. The zero-order valence-electron chi connectivity index (χ0n) is 19.9. The minimum Gasteiger partial charge on any atom is -0.481 e. The molecule has 13 nitrogen and oxygen atoms in total. The second-order valence-electron chi connectivity index (χ2n) is 8.42. The number of aromatic nitrogens is 2. The minimum absolute atomic E-state index is 0.0142. The van der Waals surface area contributed by atoms with Gasteiger partial charge in [-0.05, 0) is 30.8 Å². The van der Waals surface area contributed by atoms with Gasteiger partial charge in [-0.1, -0.05) is 13.8 Å². The number of nitrogens with zero attached hydrogens (tertiary/aromatic N) is 1. The number of hydrogen-bond acceptors (Lipinski definition) is 8. The topological polar surface area (TPSA) is 217 Å². The Hall–Kier alpha value is -3.13. The fraction of sp³-hybridized carbons (Fsp3) is 0.619. The van der Waals surface area contributed by atoms with Crippen molar-refractivity contribution in [2.45, 2.75) is 63.7 Å². The zero-order valence-corrected chi connectivity index (χ0v) is 20.8. The molecule has 1 heterocycles. The first-order valence-corrected chi connectivity index (χ1v) is 12.4. The summed E-state index contributed by atoms with van der Waals surface area (Å²) in [6, 6.07) is -4.76. The standard InChI is InChI=1S/C21H34N6O7S/c1-11(2)6-14(25-18(30)13(22)4-5-35-3)19(31)26-15(7-12-9-23-10-24-12)20(32)27-16(21(33)34)8-17(28)29/h9-11,13-16H,4-8,22H2,1-3H3,(H,23,24)(H,25,30)(H,26,31)(H,27,32)(H,28,29)(H,33,34). The third-order valence-corrected chi connectivity index (χ3v) is 5.56. The lowest BCUT2D eigenvalue weighted by Crippen LogP contribution is -2.58. The molecule has 1 rings (SSSR count). The van der Waals surface area contributed by atoms with E-state index in [0.717, 1.165) is 0 Å². The third-order valence-electron chi connectivity index (χ3n) is 4.92. The van der Waals surface area contributed by atoms with E-state index in [-0.39, 0.29) is 18.8 Å². The lowest BCUT2D eigenvalue weighted by Gasteiger charge is -2.25. The van der Waals surface area contributed by atoms with E-state index < -0.39 is 60.2 Å². The van der Waals surface area contributed by atoms with Gasteiger partial charge in [-0.15, -0.1) is 0 Å². The largest absolute Gasteiger partial charge is 0.481 e. The summed E-state index contributed by atoms with van der Waals surface area (Å²) >= 11 is 1.54. The summed E-state index contributed by atoms with van der Waals surface area (Å²) in [5.41, 5.74) is 6.38. The smallest absolute Gasteiger partial charge is 0.326 e. The Bertz CT molecular complexity index is 864. The van der Waals surface area contributed by atoms with Gasteiger partial charge >= 0.3 is 11.9 Å². The highest BCUT2D eigenvalue weighted by molar-refractivity contribution is 7.98. The highest BCUT2D eigenvalue weighted by Gasteiger charge is 2.31. The van der Waals surface area contributed by atoms with Crippen LogP contribution in [0, 0.1) is 5.92 Å². The Kier molecular flexibility index (Phi) is 12.8. The molecule has 4 unspecified atom stereocenters. The van der Waals surface area contributed by atoms with Gasteiger partial charge in [-0.2, -0.15) is 11.8 Å². The maximum Gasteiger partial charge on any atom is 0.326 e. The number of aliphatic carboxylic acids is 2. The summed E-state index contributed by atoms with van der Waals surface area (Å²) in [6.07, 6.45) is 4.45. The SMILES string of the molecule is CSCCC(N)C(=O)NC(CC(C)C)C(=O)NC(Cc1cnc[nH]1)C(=O)NC(CC(=O)O)C(=O)O. The van der Waals surface area contributed by atoms with E-state index in [9.17, 15) is 29.1 Å². The molecule has 8 N–H and O–H groups in total. The number of carbonyl (C=O) groups is 5. The number of rotatable bonds is 16. The number of amides is 3. The van der Waals surface area contributed by atoms with Crippen LogP contribution in [0.25, 0.3) is 0 Å². The van der Waals surface area contributed by atoms with Crippen LogP contribution in [-0.4, -0.2) is 86.0 Å². The Morgan fingerprint density at radius 1 is 1.03 bits per heavy atom. The number of carboxylic acids is 2. The van der Waals surface area contributed by atoms with Gasteiger partial charge in [0.2, 0.25) is 17.7 Å². The Morgan fingerprint density at radius 2 is 1.63 bits per heavy atom. The molecular weight excluding hydrogens is 480 g/mol. The number of H-pyrrole nitrogens is 1. The van der Waals surface area contributed by atoms with E-state index in [0.29, 0.717) is 17.9 Å². The fourth-order valence-corrected chi connectivity index (χ4v) is 3.59. The molecule has 3 amide bonds. The molecule has 0 radical (unpaired) electrons. The second-order valence-corrected chi connectivity index (χ2v) is 9.40. The molecule has 35 heavy (non-hydrogen) atoms. The van der Waals surface area contributed by atoms with Crippen LogP contribution >= 0.6 is 11.8 Å². The monoisotopic (exact) mass is 514 g/mol. The van der Waals surface area contributed by atoms with Crippen LogP contribution in [-0.2, 0) is 30.4 Å². The van der Waals surface area contributed by atoms with Crippen molar-refractivity contribution in [1.29, 1.82) is 0 Å². The quantitative estimate of drug-likeness (QED) is 0.144. The van der Waals surface area contributed by atoms with Crippen molar-refractivity contribution in [2.24, 2.45) is 11.7 Å². The van der Waals surface area contributed by atoms with Gasteiger partial charge in [0.1, 0.15) is 18.1 Å². The summed E-state index contributed by atoms with van der Waals surface area (Å²) < 4.78 is 0. The molecule has 1 aromatic heterocycles. The summed E-state index contributed by atoms with van der Waals surface area (Å²) in [4.78, 5) is 67.5. The number of nitrogens with two attached hydrogens (primary N) is 1. The van der Waals surface area contributed by atoms with Crippen LogP contribution in [0.3, 0.4) is 0 Å². The van der Waals surface area contributed by atoms with E-state index >= 15 is 0 Å². The van der Waals surface area contributed by atoms with E-state index in [2.05, 4.69) is 25.9 Å². The normalized spacial score (nSPS) is 14.4. The molecule has 0 saturated carbocycles. The van der Waals surface area contributed by atoms with Crippen LogP contribution in [0.1, 0.15) is 38.8 Å². The minimum atomic E-state index is -1.69. The first-order valence-electron chi connectivity index (χ1n) is 11.0. The number of carboxylic acid groups (broad SMARTS) is 2. The first-order chi connectivity index (χ1) is 16.4. The van der Waals surface area contributed by atoms with Gasteiger partial charge in [0, 0.05) is 18.3 Å². The molecule has 0 spiro atoms. The number of imidazole rings is 1.